The molecule has 0 spiro atoms. The average molecular weight is 481 g/mol. The number of rotatable bonds is 10. The maximum Gasteiger partial charge on any atom is 0.352 e. The minimum absolute atomic E-state index is 0.000650. The number of nitrogens with zero attached hydrogens (tertiary/aromatic N) is 3. The van der Waals surface area contributed by atoms with E-state index in [0.717, 1.165) is 36.4 Å². The van der Waals surface area contributed by atoms with Gasteiger partial charge < -0.3 is 15.0 Å². The lowest BCUT2D eigenvalue weighted by molar-refractivity contribution is -0.135. The number of carbonyl (C=O) groups excluding carboxylic acids is 1. The quantitative estimate of drug-likeness (QED) is 0.416. The summed E-state index contributed by atoms with van der Waals surface area (Å²) in [6.45, 7) is 9.20. The fourth-order valence-corrected chi connectivity index (χ4v) is 5.11. The van der Waals surface area contributed by atoms with Gasteiger partial charge in [-0.2, -0.15) is 5.26 Å². The van der Waals surface area contributed by atoms with Crippen molar-refractivity contribution >= 4 is 34.8 Å². The predicted octanol–water partition coefficient (Wildman–Crippen LogP) is 2.60. The van der Waals surface area contributed by atoms with E-state index in [2.05, 4.69) is 28.9 Å². The topological polar surface area (TPSA) is 87.4 Å². The van der Waals surface area contributed by atoms with Crippen LogP contribution in [0.2, 0.25) is 0 Å². The van der Waals surface area contributed by atoms with Gasteiger partial charge in [-0.15, -0.1) is 11.3 Å². The molecule has 1 N–H and O–H groups in total. The van der Waals surface area contributed by atoms with Gasteiger partial charge in [-0.25, -0.2) is 4.79 Å². The fourth-order valence-electron chi connectivity index (χ4n) is 4.04. The van der Waals surface area contributed by atoms with Crippen LogP contribution in [0.15, 0.2) is 41.7 Å². The third-order valence-electron chi connectivity index (χ3n) is 5.77. The molecule has 1 aromatic carbocycles. The highest BCUT2D eigenvalue weighted by Gasteiger charge is 2.16. The van der Waals surface area contributed by atoms with E-state index in [4.69, 9.17) is 4.74 Å². The molecule has 2 aromatic rings. The number of ether oxygens (including phenoxy) is 1. The standard InChI is InChI=1S/C26H32N4O3S/c1-3-16-33-26(32)22(18-27)25-30(4-2)24(31)23(34-25)19-28-21-12-8-10-20(17-21)11-9-15-29-13-6-5-7-14-29/h3,8,10,12,17,19,28H,1,4-7,9,11,13-16H2,2H3/b23-19+,25-22-. The van der Waals surface area contributed by atoms with Crippen LogP contribution >= 0.6 is 11.3 Å². The molecule has 0 unspecified atom stereocenters. The Hall–Kier alpha value is -3.15. The van der Waals surface area contributed by atoms with Gasteiger partial charge in [0.2, 0.25) is 0 Å². The normalized spacial score (nSPS) is 15.5. The largest absolute Gasteiger partial charge is 0.457 e. The number of nitrogens with one attached hydrogen (secondary N) is 1. The highest BCUT2D eigenvalue weighted by molar-refractivity contribution is 7.07. The molecule has 2 heterocycles. The van der Waals surface area contributed by atoms with E-state index >= 15 is 0 Å². The Morgan fingerprint density at radius 3 is 2.82 bits per heavy atom. The minimum atomic E-state index is -0.761. The maximum atomic E-state index is 12.9. The van der Waals surface area contributed by atoms with Crippen LogP contribution in [-0.4, -0.2) is 41.7 Å². The predicted molar refractivity (Wildman–Crippen MR) is 137 cm³/mol. The van der Waals surface area contributed by atoms with Crippen LogP contribution in [0.25, 0.3) is 11.8 Å². The summed E-state index contributed by atoms with van der Waals surface area (Å²) in [7, 11) is 0. The van der Waals surface area contributed by atoms with E-state index in [1.165, 1.54) is 48.6 Å². The number of aryl methyl sites for hydroxylation is 1. The number of hydrogen-bond donors (Lipinski definition) is 1. The average Bonchev–Trinajstić information content (AvgIpc) is 3.17. The van der Waals surface area contributed by atoms with Crippen molar-refractivity contribution in [1.29, 1.82) is 5.26 Å². The van der Waals surface area contributed by atoms with Crippen molar-refractivity contribution in [3.8, 4) is 6.07 Å². The molecule has 0 amide bonds. The highest BCUT2D eigenvalue weighted by atomic mass is 32.1. The third kappa shape index (κ3) is 6.69. The Morgan fingerprint density at radius 1 is 1.32 bits per heavy atom. The van der Waals surface area contributed by atoms with E-state index in [0.29, 0.717) is 15.7 Å². The van der Waals surface area contributed by atoms with Crippen molar-refractivity contribution in [3.63, 3.8) is 0 Å². The monoisotopic (exact) mass is 480 g/mol. The number of piperidine rings is 1. The zero-order chi connectivity index (χ0) is 24.3. The zero-order valence-corrected chi connectivity index (χ0v) is 20.5. The molecule has 0 radical (unpaired) electrons. The number of anilines is 1. The fraction of sp³-hybridized carbons (Fsp3) is 0.423. The summed E-state index contributed by atoms with van der Waals surface area (Å²) in [4.78, 5) is 27.7. The Bertz CT molecular complexity index is 1220. The van der Waals surface area contributed by atoms with Crippen molar-refractivity contribution in [1.82, 2.24) is 9.47 Å². The number of thiazole rings is 1. The SMILES string of the molecule is C=CCOC(=O)/C(C#N)=c1\s/c(=C/Nc2cccc(CCCN3CCCCC3)c2)c(=O)n1CC. The van der Waals surface area contributed by atoms with Crippen LogP contribution in [-0.2, 0) is 22.5 Å². The van der Waals surface area contributed by atoms with Gasteiger partial charge in [0.05, 0.1) is 0 Å². The van der Waals surface area contributed by atoms with Crippen molar-refractivity contribution in [2.75, 3.05) is 31.6 Å². The molecule has 0 atom stereocenters. The number of nitriles is 1. The number of likely N-dealkylation sites (tertiary alicyclic amines) is 1. The zero-order valence-electron chi connectivity index (χ0n) is 19.7. The first-order valence-corrected chi connectivity index (χ1v) is 12.6. The number of aromatic nitrogens is 1. The van der Waals surface area contributed by atoms with Gasteiger partial charge in [-0.3, -0.25) is 9.36 Å². The molecule has 7 nitrogen and oxygen atoms in total. The maximum absolute atomic E-state index is 12.9. The van der Waals surface area contributed by atoms with Crippen LogP contribution in [0, 0.1) is 11.3 Å². The molecule has 0 saturated carbocycles. The summed E-state index contributed by atoms with van der Waals surface area (Å²) < 4.78 is 7.13. The second-order valence-corrected chi connectivity index (χ2v) is 9.22. The number of hydrogen-bond acceptors (Lipinski definition) is 7. The molecule has 0 bridgehead atoms. The van der Waals surface area contributed by atoms with Gasteiger partial charge in [0.25, 0.3) is 5.56 Å². The molecule has 180 valence electrons. The van der Waals surface area contributed by atoms with Crippen LogP contribution in [0.5, 0.6) is 0 Å². The van der Waals surface area contributed by atoms with Crippen LogP contribution in [0.4, 0.5) is 5.69 Å². The lowest BCUT2D eigenvalue weighted by Gasteiger charge is -2.26. The Morgan fingerprint density at radius 2 is 2.12 bits per heavy atom. The number of esters is 1. The van der Waals surface area contributed by atoms with E-state index in [1.54, 1.807) is 13.1 Å². The van der Waals surface area contributed by atoms with Gasteiger partial charge >= 0.3 is 5.97 Å². The van der Waals surface area contributed by atoms with Gasteiger partial charge in [0, 0.05) is 18.4 Å². The summed E-state index contributed by atoms with van der Waals surface area (Å²) in [5.74, 6) is -0.761. The minimum Gasteiger partial charge on any atom is -0.457 e. The van der Waals surface area contributed by atoms with Crippen LogP contribution in [0.1, 0.15) is 38.2 Å². The van der Waals surface area contributed by atoms with Crippen molar-refractivity contribution in [2.45, 2.75) is 45.6 Å². The van der Waals surface area contributed by atoms with E-state index in [-0.39, 0.29) is 17.7 Å². The van der Waals surface area contributed by atoms with Gasteiger partial charge in [-0.1, -0.05) is 31.2 Å². The number of benzene rings is 1. The summed E-state index contributed by atoms with van der Waals surface area (Å²) in [5.41, 5.74) is 1.71. The smallest absolute Gasteiger partial charge is 0.352 e. The first-order valence-electron chi connectivity index (χ1n) is 11.8. The first kappa shape index (κ1) is 25.5. The van der Waals surface area contributed by atoms with E-state index < -0.39 is 5.97 Å². The molecule has 8 heteroatoms. The number of carbonyl (C=O) groups is 1. The molecule has 1 aliphatic rings. The Labute approximate surface area is 204 Å². The third-order valence-corrected chi connectivity index (χ3v) is 6.90. The van der Waals surface area contributed by atoms with Gasteiger partial charge in [0.15, 0.2) is 5.57 Å². The molecule has 1 saturated heterocycles. The summed E-state index contributed by atoms with van der Waals surface area (Å²) in [6.07, 6.45) is 9.17. The van der Waals surface area contributed by atoms with Crippen LogP contribution < -0.4 is 20.1 Å². The molecule has 1 fully saturated rings. The summed E-state index contributed by atoms with van der Waals surface area (Å²) in [6, 6.07) is 10.1. The van der Waals surface area contributed by atoms with Crippen molar-refractivity contribution < 1.29 is 9.53 Å². The molecule has 34 heavy (non-hydrogen) atoms. The second kappa shape index (κ2) is 12.9. The van der Waals surface area contributed by atoms with E-state index in [9.17, 15) is 14.9 Å². The molecule has 1 aliphatic heterocycles. The van der Waals surface area contributed by atoms with Crippen molar-refractivity contribution in [3.05, 3.63) is 62.0 Å². The van der Waals surface area contributed by atoms with E-state index in [1.807, 2.05) is 18.2 Å². The Balaban J connectivity index is 1.76. The molecule has 1 aromatic heterocycles. The lowest BCUT2D eigenvalue weighted by atomic mass is 10.1. The lowest BCUT2D eigenvalue weighted by Crippen LogP contribution is -2.32. The molecular formula is C26H32N4O3S. The first-order chi connectivity index (χ1) is 16.6. The van der Waals surface area contributed by atoms with Gasteiger partial charge in [0.1, 0.15) is 21.9 Å². The van der Waals surface area contributed by atoms with Crippen molar-refractivity contribution in [2.24, 2.45) is 0 Å². The van der Waals surface area contributed by atoms with Crippen LogP contribution in [0.3, 0.4) is 0 Å². The molecular weight excluding hydrogens is 448 g/mol. The highest BCUT2D eigenvalue weighted by Crippen LogP contribution is 2.14. The second-order valence-electron chi connectivity index (χ2n) is 8.19. The Kier molecular flexibility index (Phi) is 9.68. The summed E-state index contributed by atoms with van der Waals surface area (Å²) in [5, 5.41) is 12.7. The molecule has 0 aliphatic carbocycles. The summed E-state index contributed by atoms with van der Waals surface area (Å²) >= 11 is 1.10. The molecule has 3 rings (SSSR count). The van der Waals surface area contributed by atoms with Gasteiger partial charge in [-0.05, 0) is 69.9 Å².